The molecule has 2 atom stereocenters. The van der Waals surface area contributed by atoms with E-state index in [1.54, 1.807) is 13.3 Å². The standard InChI is InChI=1S/C15H20N6O2S/c1-22-13-17-6-10-11(19-13)24-14(18-10)21-8-15(23-12(21)16)7-20-4-2-9(15)3-5-20/h6,9,12H,2-5,7-8,16H2,1H3. The number of nitrogens with two attached hydrogens (primary N) is 1. The number of rotatable bonds is 2. The van der Waals surface area contributed by atoms with Crippen LogP contribution in [-0.2, 0) is 4.74 Å². The Balaban J connectivity index is 1.47. The van der Waals surface area contributed by atoms with Crippen molar-refractivity contribution in [2.24, 2.45) is 11.7 Å². The monoisotopic (exact) mass is 348 g/mol. The average molecular weight is 348 g/mol. The Morgan fingerprint density at radius 3 is 2.88 bits per heavy atom. The molecule has 4 saturated heterocycles. The Morgan fingerprint density at radius 1 is 1.33 bits per heavy atom. The van der Waals surface area contributed by atoms with Gasteiger partial charge in [-0.05, 0) is 31.8 Å². The van der Waals surface area contributed by atoms with E-state index in [-0.39, 0.29) is 5.60 Å². The number of hydrogen-bond donors (Lipinski definition) is 1. The minimum Gasteiger partial charge on any atom is -0.467 e. The van der Waals surface area contributed by atoms with Gasteiger partial charge in [-0.25, -0.2) is 9.97 Å². The van der Waals surface area contributed by atoms with E-state index in [0.717, 1.165) is 28.6 Å². The van der Waals surface area contributed by atoms with Gasteiger partial charge < -0.3 is 19.3 Å². The van der Waals surface area contributed by atoms with Crippen molar-refractivity contribution in [3.8, 4) is 6.01 Å². The Hall–Kier alpha value is -1.55. The molecule has 6 heterocycles. The lowest BCUT2D eigenvalue weighted by Gasteiger charge is -2.50. The van der Waals surface area contributed by atoms with Gasteiger partial charge in [-0.2, -0.15) is 4.98 Å². The highest BCUT2D eigenvalue weighted by atomic mass is 32.1. The Kier molecular flexibility index (Phi) is 3.21. The molecule has 4 fully saturated rings. The Labute approximate surface area is 143 Å². The van der Waals surface area contributed by atoms with Crippen molar-refractivity contribution in [1.29, 1.82) is 0 Å². The zero-order valence-electron chi connectivity index (χ0n) is 13.5. The van der Waals surface area contributed by atoms with E-state index in [2.05, 4.69) is 24.8 Å². The first-order valence-electron chi connectivity index (χ1n) is 8.27. The summed E-state index contributed by atoms with van der Waals surface area (Å²) in [5, 5.41) is 0.841. The van der Waals surface area contributed by atoms with E-state index in [0.29, 0.717) is 11.9 Å². The molecule has 0 aromatic carbocycles. The third kappa shape index (κ3) is 2.12. The van der Waals surface area contributed by atoms with Gasteiger partial charge in [-0.15, -0.1) is 0 Å². The Morgan fingerprint density at radius 2 is 2.17 bits per heavy atom. The number of aromatic nitrogens is 3. The fourth-order valence-corrected chi connectivity index (χ4v) is 5.19. The largest absolute Gasteiger partial charge is 0.467 e. The predicted octanol–water partition coefficient (Wildman–Crippen LogP) is 0.638. The van der Waals surface area contributed by atoms with Gasteiger partial charge in [0.25, 0.3) is 0 Å². The first kappa shape index (κ1) is 14.8. The van der Waals surface area contributed by atoms with Crippen LogP contribution in [0.4, 0.5) is 5.13 Å². The molecule has 9 heteroatoms. The highest BCUT2D eigenvalue weighted by molar-refractivity contribution is 7.21. The van der Waals surface area contributed by atoms with Crippen molar-refractivity contribution in [2.75, 3.05) is 38.2 Å². The molecular formula is C15H20N6O2S. The number of hydrogen-bond acceptors (Lipinski definition) is 9. The van der Waals surface area contributed by atoms with Crippen molar-refractivity contribution in [3.63, 3.8) is 0 Å². The molecule has 128 valence electrons. The normalized spacial score (nSPS) is 35.2. The number of piperidine rings is 3. The first-order chi connectivity index (χ1) is 11.7. The summed E-state index contributed by atoms with van der Waals surface area (Å²) in [6.07, 6.45) is 3.63. The number of methoxy groups -OCH3 is 1. The van der Waals surface area contributed by atoms with Gasteiger partial charge in [-0.1, -0.05) is 11.3 Å². The third-order valence-corrected chi connectivity index (χ3v) is 6.47. The van der Waals surface area contributed by atoms with E-state index >= 15 is 0 Å². The summed E-state index contributed by atoms with van der Waals surface area (Å²) < 4.78 is 11.4. The van der Waals surface area contributed by atoms with E-state index in [4.69, 9.17) is 15.2 Å². The molecule has 1 spiro atoms. The molecule has 6 rings (SSSR count). The SMILES string of the molecule is COc1ncc2nc(N3CC4(CN5CCC4CC5)OC3N)sc2n1. The first-order valence-corrected chi connectivity index (χ1v) is 9.08. The summed E-state index contributed by atoms with van der Waals surface area (Å²) in [6.45, 7) is 4.13. The minimum atomic E-state index is -0.457. The maximum Gasteiger partial charge on any atom is 0.317 e. The van der Waals surface area contributed by atoms with Crippen LogP contribution in [0, 0.1) is 5.92 Å². The van der Waals surface area contributed by atoms with Crippen molar-refractivity contribution < 1.29 is 9.47 Å². The quantitative estimate of drug-likeness (QED) is 0.846. The van der Waals surface area contributed by atoms with Gasteiger partial charge in [0.05, 0.1) is 19.9 Å². The maximum atomic E-state index is 6.32. The van der Waals surface area contributed by atoms with Crippen molar-refractivity contribution >= 4 is 26.8 Å². The van der Waals surface area contributed by atoms with Crippen molar-refractivity contribution in [1.82, 2.24) is 19.9 Å². The molecule has 0 aliphatic carbocycles. The van der Waals surface area contributed by atoms with Crippen LogP contribution >= 0.6 is 11.3 Å². The van der Waals surface area contributed by atoms with Gasteiger partial charge in [0.15, 0.2) is 16.3 Å². The van der Waals surface area contributed by atoms with Crippen LogP contribution in [0.1, 0.15) is 12.8 Å². The number of thiazole rings is 1. The number of ether oxygens (including phenoxy) is 2. The average Bonchev–Trinajstić information content (AvgIpc) is 3.16. The van der Waals surface area contributed by atoms with Crippen LogP contribution in [0.25, 0.3) is 10.3 Å². The third-order valence-electron chi connectivity index (χ3n) is 5.47. The second kappa shape index (κ2) is 5.22. The van der Waals surface area contributed by atoms with Gasteiger partial charge in [-0.3, -0.25) is 5.73 Å². The molecule has 4 aliphatic heterocycles. The minimum absolute atomic E-state index is 0.156. The van der Waals surface area contributed by atoms with Crippen molar-refractivity contribution in [3.05, 3.63) is 6.20 Å². The molecule has 2 aromatic heterocycles. The summed E-state index contributed by atoms with van der Waals surface area (Å²) in [5.41, 5.74) is 6.92. The van der Waals surface area contributed by atoms with Crippen LogP contribution in [0.2, 0.25) is 0 Å². The lowest BCUT2D eigenvalue weighted by molar-refractivity contribution is -0.137. The molecule has 4 aliphatic rings. The van der Waals surface area contributed by atoms with E-state index in [1.165, 1.54) is 37.3 Å². The molecule has 0 radical (unpaired) electrons. The van der Waals surface area contributed by atoms with Crippen LogP contribution in [-0.4, -0.2) is 65.1 Å². The molecule has 24 heavy (non-hydrogen) atoms. The van der Waals surface area contributed by atoms with E-state index in [1.807, 2.05) is 0 Å². The fourth-order valence-electron chi connectivity index (χ4n) is 4.26. The molecule has 2 unspecified atom stereocenters. The smallest absolute Gasteiger partial charge is 0.317 e. The van der Waals surface area contributed by atoms with Gasteiger partial charge in [0.1, 0.15) is 11.1 Å². The molecule has 0 saturated carbocycles. The van der Waals surface area contributed by atoms with Crippen LogP contribution in [0.15, 0.2) is 6.20 Å². The number of nitrogens with zero attached hydrogens (tertiary/aromatic N) is 5. The highest BCUT2D eigenvalue weighted by Crippen LogP contribution is 2.44. The molecular weight excluding hydrogens is 328 g/mol. The molecule has 2 N–H and O–H groups in total. The summed E-state index contributed by atoms with van der Waals surface area (Å²) in [6, 6.07) is 0.355. The predicted molar refractivity (Wildman–Crippen MR) is 90.1 cm³/mol. The lowest BCUT2D eigenvalue weighted by atomic mass is 9.75. The molecule has 0 amide bonds. The second-order valence-electron chi connectivity index (χ2n) is 6.80. The zero-order chi connectivity index (χ0) is 16.3. The second-order valence-corrected chi connectivity index (χ2v) is 7.75. The Bertz CT molecular complexity index is 776. The maximum absolute atomic E-state index is 6.32. The van der Waals surface area contributed by atoms with Crippen LogP contribution in [0.5, 0.6) is 6.01 Å². The van der Waals surface area contributed by atoms with Crippen LogP contribution in [0.3, 0.4) is 0 Å². The number of fused-ring (bicyclic) bond motifs is 3. The van der Waals surface area contributed by atoms with Gasteiger partial charge in [0.2, 0.25) is 0 Å². The molecule has 8 nitrogen and oxygen atoms in total. The summed E-state index contributed by atoms with van der Waals surface area (Å²) >= 11 is 1.51. The highest BCUT2D eigenvalue weighted by Gasteiger charge is 2.54. The molecule has 2 bridgehead atoms. The lowest BCUT2D eigenvalue weighted by Crippen LogP contribution is -2.61. The van der Waals surface area contributed by atoms with E-state index < -0.39 is 6.35 Å². The van der Waals surface area contributed by atoms with Gasteiger partial charge in [0, 0.05) is 6.54 Å². The number of anilines is 1. The fraction of sp³-hybridized carbons (Fsp3) is 0.667. The van der Waals surface area contributed by atoms with Crippen LogP contribution < -0.4 is 15.4 Å². The summed E-state index contributed by atoms with van der Waals surface area (Å²) in [4.78, 5) is 18.5. The van der Waals surface area contributed by atoms with Crippen molar-refractivity contribution in [2.45, 2.75) is 24.8 Å². The zero-order valence-corrected chi connectivity index (χ0v) is 14.3. The van der Waals surface area contributed by atoms with E-state index in [9.17, 15) is 0 Å². The van der Waals surface area contributed by atoms with Gasteiger partial charge >= 0.3 is 6.01 Å². The summed E-state index contributed by atoms with van der Waals surface area (Å²) in [7, 11) is 1.56. The summed E-state index contributed by atoms with van der Waals surface area (Å²) in [5.74, 6) is 0.591. The molecule has 2 aromatic rings. The topological polar surface area (TPSA) is 89.6 Å².